The van der Waals surface area contributed by atoms with Crippen LogP contribution in [0.15, 0.2) is 10.6 Å². The van der Waals surface area contributed by atoms with Gasteiger partial charge < -0.3 is 10.2 Å². The van der Waals surface area contributed by atoms with Crippen LogP contribution in [0, 0.1) is 0 Å². The van der Waals surface area contributed by atoms with E-state index in [4.69, 9.17) is 5.73 Å². The molecular formula is C6H8F2N2O. The Balaban J connectivity index is 2.89. The van der Waals surface area contributed by atoms with Gasteiger partial charge in [-0.15, -0.1) is 0 Å². The van der Waals surface area contributed by atoms with Crippen molar-refractivity contribution in [3.63, 3.8) is 0 Å². The fourth-order valence-electron chi connectivity index (χ4n) is 0.608. The van der Waals surface area contributed by atoms with Crippen LogP contribution in [-0.2, 0) is 12.5 Å². The summed E-state index contributed by atoms with van der Waals surface area (Å²) < 4.78 is 29.5. The van der Waals surface area contributed by atoms with Gasteiger partial charge in [-0.2, -0.15) is 8.78 Å². The van der Waals surface area contributed by atoms with E-state index in [9.17, 15) is 8.78 Å². The molecule has 1 aromatic heterocycles. The van der Waals surface area contributed by atoms with Crippen molar-refractivity contribution < 1.29 is 13.2 Å². The van der Waals surface area contributed by atoms with Gasteiger partial charge in [-0.1, -0.05) is 0 Å². The molecule has 2 N–H and O–H groups in total. The van der Waals surface area contributed by atoms with Gasteiger partial charge in [0.2, 0.25) is 5.89 Å². The number of hydrogen-bond acceptors (Lipinski definition) is 3. The Morgan fingerprint density at radius 1 is 1.73 bits per heavy atom. The first-order valence-corrected chi connectivity index (χ1v) is 3.07. The first kappa shape index (κ1) is 8.13. The largest absolute Gasteiger partial charge is 0.438 e. The number of alkyl halides is 2. The molecule has 3 nitrogen and oxygen atoms in total. The number of aromatic nitrogens is 1. The number of nitrogens with two attached hydrogens (primary N) is 1. The summed E-state index contributed by atoms with van der Waals surface area (Å²) in [6, 6.07) is 0. The Kier molecular flexibility index (Phi) is 1.90. The topological polar surface area (TPSA) is 52.0 Å². The van der Waals surface area contributed by atoms with E-state index in [1.54, 1.807) is 0 Å². The van der Waals surface area contributed by atoms with Crippen LogP contribution in [0.4, 0.5) is 8.78 Å². The molecule has 5 heteroatoms. The van der Waals surface area contributed by atoms with Gasteiger partial charge in [0, 0.05) is 6.92 Å². The zero-order valence-corrected chi connectivity index (χ0v) is 5.97. The third kappa shape index (κ3) is 1.74. The molecule has 0 radical (unpaired) electrons. The van der Waals surface area contributed by atoms with Crippen LogP contribution in [0.5, 0.6) is 0 Å². The Hall–Kier alpha value is -0.970. The van der Waals surface area contributed by atoms with Crippen LogP contribution >= 0.6 is 0 Å². The van der Waals surface area contributed by atoms with Crippen molar-refractivity contribution in [2.45, 2.75) is 19.4 Å². The molecule has 62 valence electrons. The molecule has 0 amide bonds. The summed E-state index contributed by atoms with van der Waals surface area (Å²) in [4.78, 5) is 3.53. The van der Waals surface area contributed by atoms with Gasteiger partial charge in [-0.05, 0) is 0 Å². The van der Waals surface area contributed by atoms with Gasteiger partial charge in [0.25, 0.3) is 0 Å². The van der Waals surface area contributed by atoms with Gasteiger partial charge in [-0.3, -0.25) is 0 Å². The molecular weight excluding hydrogens is 154 g/mol. The van der Waals surface area contributed by atoms with Crippen molar-refractivity contribution in [1.82, 2.24) is 4.98 Å². The van der Waals surface area contributed by atoms with E-state index in [0.29, 0.717) is 0 Å². The van der Waals surface area contributed by atoms with Crippen LogP contribution in [-0.4, -0.2) is 4.98 Å². The molecule has 0 aliphatic carbocycles. The summed E-state index contributed by atoms with van der Waals surface area (Å²) in [6.07, 6.45) is 0.988. The summed E-state index contributed by atoms with van der Waals surface area (Å²) in [5.74, 6) is -3.29. The van der Waals surface area contributed by atoms with E-state index in [0.717, 1.165) is 13.1 Å². The van der Waals surface area contributed by atoms with Crippen LogP contribution in [0.2, 0.25) is 0 Å². The smallest absolute Gasteiger partial charge is 0.303 e. The lowest BCUT2D eigenvalue weighted by Gasteiger charge is -2.03. The van der Waals surface area contributed by atoms with E-state index in [1.165, 1.54) is 0 Å². The summed E-state index contributed by atoms with van der Waals surface area (Å²) in [5, 5.41) is 0. The van der Waals surface area contributed by atoms with Crippen LogP contribution in [0.25, 0.3) is 0 Å². The molecule has 0 aliphatic heterocycles. The number of hydrogen-bond donors (Lipinski definition) is 1. The Morgan fingerprint density at radius 3 is 2.64 bits per heavy atom. The molecule has 0 unspecified atom stereocenters. The molecule has 0 aliphatic rings. The summed E-state index contributed by atoms with van der Waals surface area (Å²) >= 11 is 0. The van der Waals surface area contributed by atoms with Gasteiger partial charge in [0.15, 0.2) is 5.76 Å². The van der Waals surface area contributed by atoms with Crippen LogP contribution in [0.3, 0.4) is 0 Å². The molecule has 0 saturated carbocycles. The fraction of sp³-hybridized carbons (Fsp3) is 0.500. The quantitative estimate of drug-likeness (QED) is 0.711. The Bertz CT molecular complexity index is 241. The Labute approximate surface area is 62.2 Å². The fourth-order valence-corrected chi connectivity index (χ4v) is 0.608. The van der Waals surface area contributed by atoms with E-state index in [1.807, 2.05) is 0 Å². The maximum atomic E-state index is 12.4. The highest BCUT2D eigenvalue weighted by molar-refractivity contribution is 5.00. The predicted molar refractivity (Wildman–Crippen MR) is 34.0 cm³/mol. The van der Waals surface area contributed by atoms with E-state index >= 15 is 0 Å². The van der Waals surface area contributed by atoms with Crippen molar-refractivity contribution in [1.29, 1.82) is 0 Å². The molecule has 0 bridgehead atoms. The third-order valence-corrected chi connectivity index (χ3v) is 1.16. The average Bonchev–Trinajstić information content (AvgIpc) is 2.32. The lowest BCUT2D eigenvalue weighted by molar-refractivity contribution is -0.00622. The second kappa shape index (κ2) is 2.58. The van der Waals surface area contributed by atoms with Crippen molar-refractivity contribution >= 4 is 0 Å². The molecule has 1 rings (SSSR count). The maximum absolute atomic E-state index is 12.4. The van der Waals surface area contributed by atoms with E-state index < -0.39 is 11.7 Å². The zero-order valence-electron chi connectivity index (χ0n) is 5.97. The molecule has 11 heavy (non-hydrogen) atoms. The van der Waals surface area contributed by atoms with Crippen LogP contribution < -0.4 is 5.73 Å². The normalized spacial score (nSPS) is 12.0. The van der Waals surface area contributed by atoms with Gasteiger partial charge >= 0.3 is 5.92 Å². The number of oxazole rings is 1. The van der Waals surface area contributed by atoms with Gasteiger partial charge in [0.1, 0.15) is 0 Å². The summed E-state index contributed by atoms with van der Waals surface area (Å²) in [5.41, 5.74) is 5.11. The summed E-state index contributed by atoms with van der Waals surface area (Å²) in [6.45, 7) is 0.782. The zero-order chi connectivity index (χ0) is 8.48. The molecule has 0 aromatic carbocycles. The second-order valence-electron chi connectivity index (χ2n) is 2.21. The SMILES string of the molecule is CC(F)(F)c1cnc(CN)o1. The highest BCUT2D eigenvalue weighted by Gasteiger charge is 2.29. The minimum Gasteiger partial charge on any atom is -0.438 e. The molecule has 1 heterocycles. The minimum absolute atomic E-state index is 0.0378. The average molecular weight is 162 g/mol. The molecule has 0 fully saturated rings. The van der Waals surface area contributed by atoms with Crippen molar-refractivity contribution in [3.8, 4) is 0 Å². The lowest BCUT2D eigenvalue weighted by atomic mass is 10.3. The highest BCUT2D eigenvalue weighted by atomic mass is 19.3. The number of halogens is 2. The first-order chi connectivity index (χ1) is 5.04. The highest BCUT2D eigenvalue weighted by Crippen LogP contribution is 2.26. The minimum atomic E-state index is -2.97. The summed E-state index contributed by atoms with van der Waals surface area (Å²) in [7, 11) is 0. The molecule has 0 saturated heterocycles. The van der Waals surface area contributed by atoms with Crippen LogP contribution in [0.1, 0.15) is 18.6 Å². The number of nitrogens with zero attached hydrogens (tertiary/aromatic N) is 1. The number of rotatable bonds is 2. The first-order valence-electron chi connectivity index (χ1n) is 3.07. The standard InChI is InChI=1S/C6H8F2N2O/c1-6(7,8)4-3-10-5(2-9)11-4/h3H,2,9H2,1H3. The third-order valence-electron chi connectivity index (χ3n) is 1.16. The van der Waals surface area contributed by atoms with E-state index in [-0.39, 0.29) is 12.4 Å². The molecule has 0 atom stereocenters. The predicted octanol–water partition coefficient (Wildman–Crippen LogP) is 1.24. The second-order valence-corrected chi connectivity index (χ2v) is 2.21. The van der Waals surface area contributed by atoms with Crippen molar-refractivity contribution in [2.24, 2.45) is 5.73 Å². The van der Waals surface area contributed by atoms with E-state index in [2.05, 4.69) is 9.40 Å². The van der Waals surface area contributed by atoms with Gasteiger partial charge in [-0.25, -0.2) is 4.98 Å². The molecule has 0 spiro atoms. The maximum Gasteiger partial charge on any atom is 0.303 e. The van der Waals surface area contributed by atoms with Crippen molar-refractivity contribution in [2.75, 3.05) is 0 Å². The van der Waals surface area contributed by atoms with Crippen molar-refractivity contribution in [3.05, 3.63) is 17.8 Å². The Morgan fingerprint density at radius 2 is 2.36 bits per heavy atom. The monoisotopic (exact) mass is 162 g/mol. The lowest BCUT2D eigenvalue weighted by Crippen LogP contribution is -2.04. The molecule has 1 aromatic rings. The van der Waals surface area contributed by atoms with Gasteiger partial charge in [0.05, 0.1) is 12.7 Å².